The number of aromatic nitrogens is 1. The maximum Gasteiger partial charge on any atom is 0.408 e. The van der Waals surface area contributed by atoms with Crippen LogP contribution in [0.5, 0.6) is 11.6 Å². The minimum Gasteiger partial charge on any atom is -0.497 e. The Labute approximate surface area is 168 Å². The molecule has 2 heterocycles. The van der Waals surface area contributed by atoms with Crippen molar-refractivity contribution in [2.45, 2.75) is 12.1 Å². The van der Waals surface area contributed by atoms with Gasteiger partial charge < -0.3 is 19.9 Å². The summed E-state index contributed by atoms with van der Waals surface area (Å²) in [7, 11) is 1.60. The molecule has 4 rings (SSSR count). The molecule has 1 saturated heterocycles. The Morgan fingerprint density at radius 1 is 1.03 bits per heavy atom. The molecule has 6 heteroatoms. The number of aromatic hydroxyl groups is 1. The van der Waals surface area contributed by atoms with E-state index in [1.165, 1.54) is 6.07 Å². The van der Waals surface area contributed by atoms with Crippen LogP contribution in [0.2, 0.25) is 0 Å². The molecule has 1 amide bonds. The zero-order chi connectivity index (χ0) is 20.2. The Kier molecular flexibility index (Phi) is 5.04. The third kappa shape index (κ3) is 4.14. The number of hydrogen-bond acceptors (Lipinski definition) is 5. The Bertz CT molecular complexity index is 1120. The summed E-state index contributed by atoms with van der Waals surface area (Å²) in [6.07, 6.45) is -0.947. The Balaban J connectivity index is 1.63. The maximum absolute atomic E-state index is 12.0. The van der Waals surface area contributed by atoms with Crippen LogP contribution in [0.4, 0.5) is 4.79 Å². The molecule has 1 aromatic heterocycles. The first-order chi connectivity index (χ1) is 14.1. The summed E-state index contributed by atoms with van der Waals surface area (Å²) in [4.78, 5) is 15.9. The molecule has 3 aromatic rings. The fourth-order valence-electron chi connectivity index (χ4n) is 3.20. The van der Waals surface area contributed by atoms with Gasteiger partial charge in [0.1, 0.15) is 11.4 Å². The van der Waals surface area contributed by atoms with Crippen LogP contribution in [-0.4, -0.2) is 23.3 Å². The Hall–Kier alpha value is -3.98. The first-order valence-electron chi connectivity index (χ1n) is 9.01. The van der Waals surface area contributed by atoms with E-state index in [0.29, 0.717) is 11.4 Å². The van der Waals surface area contributed by atoms with Crippen LogP contribution in [0.25, 0.3) is 0 Å². The monoisotopic (exact) mass is 386 g/mol. The van der Waals surface area contributed by atoms with E-state index >= 15 is 0 Å². The average molecular weight is 386 g/mol. The van der Waals surface area contributed by atoms with Crippen molar-refractivity contribution in [3.63, 3.8) is 0 Å². The first kappa shape index (κ1) is 18.4. The highest BCUT2D eigenvalue weighted by Gasteiger charge is 2.36. The number of amides is 1. The van der Waals surface area contributed by atoms with Gasteiger partial charge in [-0.3, -0.25) is 0 Å². The molecule has 0 spiro atoms. The second-order valence-electron chi connectivity index (χ2n) is 6.48. The fourth-order valence-corrected chi connectivity index (χ4v) is 3.20. The average Bonchev–Trinajstić information content (AvgIpc) is 3.14. The highest BCUT2D eigenvalue weighted by Crippen LogP contribution is 2.37. The zero-order valence-corrected chi connectivity index (χ0v) is 15.6. The van der Waals surface area contributed by atoms with E-state index in [0.717, 1.165) is 16.7 Å². The number of carbonyl (C=O) groups excluding carboxylic acids is 1. The minimum atomic E-state index is -0.478. The predicted molar refractivity (Wildman–Crippen MR) is 106 cm³/mol. The quantitative estimate of drug-likeness (QED) is 0.671. The van der Waals surface area contributed by atoms with Gasteiger partial charge in [-0.25, -0.2) is 9.78 Å². The molecule has 2 N–H and O–H groups in total. The highest BCUT2D eigenvalue weighted by atomic mass is 16.6. The van der Waals surface area contributed by atoms with Gasteiger partial charge in [0.25, 0.3) is 0 Å². The van der Waals surface area contributed by atoms with Crippen molar-refractivity contribution in [1.29, 1.82) is 0 Å². The number of cyclic esters (lactones) is 1. The largest absolute Gasteiger partial charge is 0.497 e. The van der Waals surface area contributed by atoms with Crippen molar-refractivity contribution in [3.8, 4) is 23.5 Å². The molecule has 2 aromatic carbocycles. The SMILES string of the molecule is COc1cccc([C@H]2OC(=O)N[C@@H]2c2cccc(C#Cc3cccc(O)n3)c2)c1. The van der Waals surface area contributed by atoms with E-state index in [9.17, 15) is 9.90 Å². The van der Waals surface area contributed by atoms with Crippen LogP contribution in [0.15, 0.2) is 66.7 Å². The molecule has 0 unspecified atom stereocenters. The van der Waals surface area contributed by atoms with Crippen LogP contribution in [-0.2, 0) is 4.74 Å². The molecule has 6 nitrogen and oxygen atoms in total. The molecular formula is C23H18N2O4. The van der Waals surface area contributed by atoms with E-state index in [1.807, 2.05) is 48.5 Å². The maximum atomic E-state index is 12.0. The van der Waals surface area contributed by atoms with Gasteiger partial charge in [0.15, 0.2) is 6.10 Å². The number of nitrogens with zero attached hydrogens (tertiary/aromatic N) is 1. The third-order valence-electron chi connectivity index (χ3n) is 4.55. The molecule has 29 heavy (non-hydrogen) atoms. The lowest BCUT2D eigenvalue weighted by molar-refractivity contribution is 0.132. The third-order valence-corrected chi connectivity index (χ3v) is 4.55. The normalized spacial score (nSPS) is 17.6. The molecule has 144 valence electrons. The molecule has 0 radical (unpaired) electrons. The lowest BCUT2D eigenvalue weighted by Gasteiger charge is -2.18. The van der Waals surface area contributed by atoms with E-state index in [4.69, 9.17) is 9.47 Å². The number of benzene rings is 2. The number of hydrogen-bond donors (Lipinski definition) is 2. The fraction of sp³-hybridized carbons (Fsp3) is 0.130. The summed E-state index contributed by atoms with van der Waals surface area (Å²) in [5.41, 5.74) is 2.95. The molecular weight excluding hydrogens is 368 g/mol. The number of pyridine rings is 1. The van der Waals surface area contributed by atoms with E-state index in [-0.39, 0.29) is 11.9 Å². The second kappa shape index (κ2) is 7.95. The van der Waals surface area contributed by atoms with Crippen LogP contribution in [0.1, 0.15) is 34.5 Å². The van der Waals surface area contributed by atoms with Crippen molar-refractivity contribution in [1.82, 2.24) is 10.3 Å². The van der Waals surface area contributed by atoms with Crippen LogP contribution in [0, 0.1) is 11.8 Å². The topological polar surface area (TPSA) is 80.7 Å². The van der Waals surface area contributed by atoms with Gasteiger partial charge in [-0.2, -0.15) is 0 Å². The number of alkyl carbamates (subject to hydrolysis) is 1. The van der Waals surface area contributed by atoms with Crippen molar-refractivity contribution in [2.24, 2.45) is 0 Å². The van der Waals surface area contributed by atoms with E-state index in [2.05, 4.69) is 22.1 Å². The smallest absolute Gasteiger partial charge is 0.408 e. The Morgan fingerprint density at radius 3 is 2.66 bits per heavy atom. The first-order valence-corrected chi connectivity index (χ1v) is 9.01. The van der Waals surface area contributed by atoms with Gasteiger partial charge in [0, 0.05) is 11.6 Å². The number of rotatable bonds is 3. The van der Waals surface area contributed by atoms with Crippen molar-refractivity contribution < 1.29 is 19.4 Å². The summed E-state index contributed by atoms with van der Waals surface area (Å²) in [5, 5.41) is 12.3. The van der Waals surface area contributed by atoms with Crippen LogP contribution < -0.4 is 10.1 Å². The van der Waals surface area contributed by atoms with Gasteiger partial charge in [-0.05, 0) is 47.4 Å². The summed E-state index contributed by atoms with van der Waals surface area (Å²) in [5.74, 6) is 6.59. The summed E-state index contributed by atoms with van der Waals surface area (Å²) in [6.45, 7) is 0. The van der Waals surface area contributed by atoms with Gasteiger partial charge in [0.05, 0.1) is 13.2 Å². The highest BCUT2D eigenvalue weighted by molar-refractivity contribution is 5.71. The molecule has 1 aliphatic rings. The zero-order valence-electron chi connectivity index (χ0n) is 15.6. The van der Waals surface area contributed by atoms with Crippen molar-refractivity contribution >= 4 is 6.09 Å². The predicted octanol–water partition coefficient (Wildman–Crippen LogP) is 3.72. The summed E-state index contributed by atoms with van der Waals surface area (Å²) >= 11 is 0. The molecule has 2 atom stereocenters. The van der Waals surface area contributed by atoms with Crippen molar-refractivity contribution in [3.05, 3.63) is 89.1 Å². The van der Waals surface area contributed by atoms with E-state index < -0.39 is 12.2 Å². The molecule has 0 bridgehead atoms. The lowest BCUT2D eigenvalue weighted by Crippen LogP contribution is -2.19. The number of carbonyl (C=O) groups is 1. The van der Waals surface area contributed by atoms with Crippen LogP contribution >= 0.6 is 0 Å². The van der Waals surface area contributed by atoms with Gasteiger partial charge >= 0.3 is 6.09 Å². The van der Waals surface area contributed by atoms with Gasteiger partial charge in [-0.1, -0.05) is 36.3 Å². The molecule has 1 fully saturated rings. The number of nitrogens with one attached hydrogen (secondary N) is 1. The molecule has 1 aliphatic heterocycles. The van der Waals surface area contributed by atoms with Crippen molar-refractivity contribution in [2.75, 3.05) is 7.11 Å². The summed E-state index contributed by atoms with van der Waals surface area (Å²) < 4.78 is 10.8. The number of ether oxygens (including phenoxy) is 2. The summed E-state index contributed by atoms with van der Waals surface area (Å²) in [6, 6.07) is 19.6. The molecule has 0 saturated carbocycles. The molecule has 0 aliphatic carbocycles. The number of methoxy groups -OCH3 is 1. The Morgan fingerprint density at radius 2 is 1.83 bits per heavy atom. The van der Waals surface area contributed by atoms with E-state index in [1.54, 1.807) is 19.2 Å². The standard InChI is InChI=1S/C23H18N2O4/c1-28-19-9-3-7-17(14-19)22-21(25-23(27)29-22)16-6-2-5-15(13-16)11-12-18-8-4-10-20(26)24-18/h2-10,13-14,21-22H,1H3,(H,24,26)(H,25,27)/t21-,22-/m1/s1. The second-order valence-corrected chi connectivity index (χ2v) is 6.48. The van der Waals surface area contributed by atoms with Crippen LogP contribution in [0.3, 0.4) is 0 Å². The minimum absolute atomic E-state index is 0.0718. The van der Waals surface area contributed by atoms with Gasteiger partial charge in [-0.15, -0.1) is 0 Å². The van der Waals surface area contributed by atoms with Gasteiger partial charge in [0.2, 0.25) is 5.88 Å². The lowest BCUT2D eigenvalue weighted by atomic mass is 9.95.